The minimum Gasteiger partial charge on any atom is -0.383 e. The Morgan fingerprint density at radius 3 is 2.58 bits per heavy atom. The summed E-state index contributed by atoms with van der Waals surface area (Å²) < 4.78 is 0. The van der Waals surface area contributed by atoms with E-state index in [1.165, 1.54) is 0 Å². The lowest BCUT2D eigenvalue weighted by Gasteiger charge is -2.07. The fourth-order valence-corrected chi connectivity index (χ4v) is 0.881. The van der Waals surface area contributed by atoms with Crippen molar-refractivity contribution in [2.45, 2.75) is 20.3 Å². The SMILES string of the molecule is CCc1nc(N)c(C)c(NN)n1. The fraction of sp³-hybridized carbons (Fsp3) is 0.429. The molecule has 12 heavy (non-hydrogen) atoms. The maximum atomic E-state index is 5.63. The molecule has 0 aromatic carbocycles. The van der Waals surface area contributed by atoms with Gasteiger partial charge in [0.25, 0.3) is 0 Å². The topological polar surface area (TPSA) is 89.8 Å². The summed E-state index contributed by atoms with van der Waals surface area (Å²) >= 11 is 0. The van der Waals surface area contributed by atoms with Gasteiger partial charge in [-0.3, -0.25) is 0 Å². The highest BCUT2D eigenvalue weighted by atomic mass is 15.3. The number of hydrazine groups is 1. The number of nitrogens with zero attached hydrogens (tertiary/aromatic N) is 2. The summed E-state index contributed by atoms with van der Waals surface area (Å²) in [5.41, 5.74) is 8.89. The van der Waals surface area contributed by atoms with Crippen molar-refractivity contribution in [1.82, 2.24) is 9.97 Å². The zero-order valence-corrected chi connectivity index (χ0v) is 7.26. The molecule has 5 heteroatoms. The van der Waals surface area contributed by atoms with Gasteiger partial charge in [0.05, 0.1) is 0 Å². The predicted octanol–water partition coefficient (Wildman–Crippen LogP) is 0.215. The molecule has 0 radical (unpaired) electrons. The van der Waals surface area contributed by atoms with E-state index >= 15 is 0 Å². The lowest BCUT2D eigenvalue weighted by Crippen LogP contribution is -2.13. The van der Waals surface area contributed by atoms with E-state index in [0.29, 0.717) is 17.5 Å². The second kappa shape index (κ2) is 3.36. The highest BCUT2D eigenvalue weighted by Crippen LogP contribution is 2.15. The first kappa shape index (κ1) is 8.73. The minimum absolute atomic E-state index is 0.481. The molecule has 66 valence electrons. The Morgan fingerprint density at radius 2 is 2.08 bits per heavy atom. The van der Waals surface area contributed by atoms with Crippen molar-refractivity contribution >= 4 is 11.6 Å². The summed E-state index contributed by atoms with van der Waals surface area (Å²) in [4.78, 5) is 8.21. The van der Waals surface area contributed by atoms with Gasteiger partial charge >= 0.3 is 0 Å². The number of hydrogen-bond acceptors (Lipinski definition) is 5. The van der Waals surface area contributed by atoms with Gasteiger partial charge in [-0.05, 0) is 6.92 Å². The smallest absolute Gasteiger partial charge is 0.148 e. The second-order valence-corrected chi connectivity index (χ2v) is 2.50. The van der Waals surface area contributed by atoms with Gasteiger partial charge in [-0.25, -0.2) is 15.8 Å². The van der Waals surface area contributed by atoms with E-state index in [1.54, 1.807) is 0 Å². The van der Waals surface area contributed by atoms with Gasteiger partial charge in [0.1, 0.15) is 17.5 Å². The van der Waals surface area contributed by atoms with Crippen molar-refractivity contribution in [3.8, 4) is 0 Å². The van der Waals surface area contributed by atoms with Crippen LogP contribution in [0.2, 0.25) is 0 Å². The molecule has 0 fully saturated rings. The number of aromatic nitrogens is 2. The number of anilines is 2. The van der Waals surface area contributed by atoms with E-state index < -0.39 is 0 Å². The van der Waals surface area contributed by atoms with Crippen LogP contribution in [0.4, 0.5) is 11.6 Å². The van der Waals surface area contributed by atoms with Gasteiger partial charge in [-0.15, -0.1) is 0 Å². The third-order valence-electron chi connectivity index (χ3n) is 1.68. The monoisotopic (exact) mass is 167 g/mol. The van der Waals surface area contributed by atoms with Crippen molar-refractivity contribution in [3.05, 3.63) is 11.4 Å². The first-order valence-corrected chi connectivity index (χ1v) is 3.78. The van der Waals surface area contributed by atoms with Crippen LogP contribution in [0.1, 0.15) is 18.3 Å². The molecule has 0 aliphatic rings. The van der Waals surface area contributed by atoms with Crippen molar-refractivity contribution < 1.29 is 0 Å². The van der Waals surface area contributed by atoms with Gasteiger partial charge in [0, 0.05) is 12.0 Å². The number of nitrogens with one attached hydrogen (secondary N) is 1. The van der Waals surface area contributed by atoms with Gasteiger partial charge in [0.15, 0.2) is 0 Å². The molecule has 0 saturated heterocycles. The van der Waals surface area contributed by atoms with Crippen molar-refractivity contribution in [2.75, 3.05) is 11.2 Å². The summed E-state index contributed by atoms with van der Waals surface area (Å²) in [6, 6.07) is 0. The molecule has 1 rings (SSSR count). The third-order valence-corrected chi connectivity index (χ3v) is 1.68. The number of hydrogen-bond donors (Lipinski definition) is 3. The van der Waals surface area contributed by atoms with Crippen LogP contribution in [-0.4, -0.2) is 9.97 Å². The molecule has 1 heterocycles. The summed E-state index contributed by atoms with van der Waals surface area (Å²) in [5.74, 6) is 7.03. The Labute approximate surface area is 71.2 Å². The van der Waals surface area contributed by atoms with Gasteiger partial charge in [-0.1, -0.05) is 6.92 Å². The zero-order valence-electron chi connectivity index (χ0n) is 7.26. The highest BCUT2D eigenvalue weighted by Gasteiger charge is 2.05. The standard InChI is InChI=1S/C7H13N5/c1-3-5-10-6(8)4(2)7(11-5)12-9/h3,9H2,1-2H3,(H3,8,10,11,12). The summed E-state index contributed by atoms with van der Waals surface area (Å²) in [6.07, 6.45) is 0.749. The van der Waals surface area contributed by atoms with Crippen LogP contribution in [0.3, 0.4) is 0 Å². The first-order chi connectivity index (χ1) is 5.69. The van der Waals surface area contributed by atoms with Crippen LogP contribution < -0.4 is 17.0 Å². The normalized spacial score (nSPS) is 9.92. The van der Waals surface area contributed by atoms with Crippen LogP contribution in [0.5, 0.6) is 0 Å². The van der Waals surface area contributed by atoms with Crippen molar-refractivity contribution in [1.29, 1.82) is 0 Å². The lowest BCUT2D eigenvalue weighted by molar-refractivity contribution is 0.934. The molecule has 5 N–H and O–H groups in total. The highest BCUT2D eigenvalue weighted by molar-refractivity contribution is 5.53. The average Bonchev–Trinajstić information content (AvgIpc) is 2.09. The van der Waals surface area contributed by atoms with E-state index in [0.717, 1.165) is 12.0 Å². The number of nitrogen functional groups attached to an aromatic ring is 2. The summed E-state index contributed by atoms with van der Waals surface area (Å²) in [6.45, 7) is 3.79. The van der Waals surface area contributed by atoms with Gasteiger partial charge in [0.2, 0.25) is 0 Å². The lowest BCUT2D eigenvalue weighted by atomic mass is 10.3. The molecule has 0 amide bonds. The third kappa shape index (κ3) is 1.45. The Morgan fingerprint density at radius 1 is 1.42 bits per heavy atom. The first-order valence-electron chi connectivity index (χ1n) is 3.78. The van der Waals surface area contributed by atoms with Gasteiger partial charge in [-0.2, -0.15) is 0 Å². The summed E-state index contributed by atoms with van der Waals surface area (Å²) in [5, 5.41) is 0. The average molecular weight is 167 g/mol. The van der Waals surface area contributed by atoms with Crippen LogP contribution in [-0.2, 0) is 6.42 Å². The molecule has 0 spiro atoms. The summed E-state index contributed by atoms with van der Waals surface area (Å²) in [7, 11) is 0. The van der Waals surface area contributed by atoms with E-state index in [4.69, 9.17) is 11.6 Å². The van der Waals surface area contributed by atoms with Crippen LogP contribution in [0.15, 0.2) is 0 Å². The minimum atomic E-state index is 0.481. The molecule has 1 aromatic heterocycles. The van der Waals surface area contributed by atoms with Crippen LogP contribution in [0.25, 0.3) is 0 Å². The van der Waals surface area contributed by atoms with E-state index in [-0.39, 0.29) is 0 Å². The quantitative estimate of drug-likeness (QED) is 0.433. The number of nitrogens with two attached hydrogens (primary N) is 2. The van der Waals surface area contributed by atoms with Crippen LogP contribution in [0, 0.1) is 6.92 Å². The Hall–Kier alpha value is -1.36. The molecule has 0 aliphatic heterocycles. The molecular weight excluding hydrogens is 154 g/mol. The maximum Gasteiger partial charge on any atom is 0.148 e. The Kier molecular flexibility index (Phi) is 2.44. The Balaban J connectivity index is 3.19. The molecule has 0 bridgehead atoms. The number of rotatable bonds is 2. The molecule has 0 unspecified atom stereocenters. The molecule has 0 aliphatic carbocycles. The molecule has 1 aromatic rings. The second-order valence-electron chi connectivity index (χ2n) is 2.50. The fourth-order valence-electron chi connectivity index (χ4n) is 0.881. The number of aryl methyl sites for hydroxylation is 1. The maximum absolute atomic E-state index is 5.63. The molecule has 0 atom stereocenters. The van der Waals surface area contributed by atoms with Gasteiger partial charge < -0.3 is 11.2 Å². The van der Waals surface area contributed by atoms with Crippen LogP contribution >= 0.6 is 0 Å². The van der Waals surface area contributed by atoms with E-state index in [1.807, 2.05) is 13.8 Å². The van der Waals surface area contributed by atoms with Crippen molar-refractivity contribution in [2.24, 2.45) is 5.84 Å². The molecular formula is C7H13N5. The molecule has 0 saturated carbocycles. The van der Waals surface area contributed by atoms with E-state index in [9.17, 15) is 0 Å². The van der Waals surface area contributed by atoms with E-state index in [2.05, 4.69) is 15.4 Å². The largest absolute Gasteiger partial charge is 0.383 e. The molecule has 5 nitrogen and oxygen atoms in total. The zero-order chi connectivity index (χ0) is 9.14. The predicted molar refractivity (Wildman–Crippen MR) is 48.4 cm³/mol. The Bertz CT molecular complexity index is 283. The van der Waals surface area contributed by atoms with Crippen molar-refractivity contribution in [3.63, 3.8) is 0 Å².